The molecule has 82 valence electrons. The SMILES string of the molecule is CC(NC(C1CC1)C1CC1)C(C)(C)O. The van der Waals surface area contributed by atoms with Crippen LogP contribution in [0.3, 0.4) is 0 Å². The minimum absolute atomic E-state index is 0.202. The molecule has 2 saturated carbocycles. The standard InChI is InChI=1S/C12H23NO/c1-8(12(2,3)14)13-11(9-4-5-9)10-6-7-10/h8-11,13-14H,4-7H2,1-3H3. The van der Waals surface area contributed by atoms with Crippen LogP contribution >= 0.6 is 0 Å². The summed E-state index contributed by atoms with van der Waals surface area (Å²) in [7, 11) is 0. The first kappa shape index (κ1) is 10.4. The monoisotopic (exact) mass is 197 g/mol. The molecule has 1 atom stereocenters. The second-order valence-electron chi connectivity index (χ2n) is 5.74. The highest BCUT2D eigenvalue weighted by atomic mass is 16.3. The Bertz CT molecular complexity index is 189. The van der Waals surface area contributed by atoms with Gasteiger partial charge in [0.25, 0.3) is 0 Å². The molecule has 0 bridgehead atoms. The Labute approximate surface area is 87.1 Å². The summed E-state index contributed by atoms with van der Waals surface area (Å²) in [5, 5.41) is 13.5. The number of hydrogen-bond donors (Lipinski definition) is 2. The predicted octanol–water partition coefficient (Wildman–Crippen LogP) is 1.92. The van der Waals surface area contributed by atoms with Gasteiger partial charge in [0.1, 0.15) is 0 Å². The molecule has 2 aliphatic carbocycles. The summed E-state index contributed by atoms with van der Waals surface area (Å²) in [5.41, 5.74) is -0.595. The van der Waals surface area contributed by atoms with Crippen LogP contribution in [0.1, 0.15) is 46.5 Å². The molecule has 1 unspecified atom stereocenters. The van der Waals surface area contributed by atoms with Crippen molar-refractivity contribution in [1.82, 2.24) is 5.32 Å². The van der Waals surface area contributed by atoms with Crippen LogP contribution in [-0.4, -0.2) is 22.8 Å². The first-order chi connectivity index (χ1) is 6.48. The lowest BCUT2D eigenvalue weighted by Crippen LogP contribution is -2.50. The van der Waals surface area contributed by atoms with E-state index in [0.717, 1.165) is 11.8 Å². The molecule has 0 aromatic carbocycles. The molecular formula is C12H23NO. The highest BCUT2D eigenvalue weighted by Gasteiger charge is 2.42. The number of hydrogen-bond acceptors (Lipinski definition) is 2. The van der Waals surface area contributed by atoms with Crippen molar-refractivity contribution in [3.05, 3.63) is 0 Å². The maximum Gasteiger partial charge on any atom is 0.0741 e. The van der Waals surface area contributed by atoms with Crippen LogP contribution in [0.15, 0.2) is 0 Å². The van der Waals surface area contributed by atoms with E-state index in [4.69, 9.17) is 0 Å². The van der Waals surface area contributed by atoms with Gasteiger partial charge in [0.15, 0.2) is 0 Å². The van der Waals surface area contributed by atoms with Gasteiger partial charge >= 0.3 is 0 Å². The van der Waals surface area contributed by atoms with Gasteiger partial charge in [-0.25, -0.2) is 0 Å². The summed E-state index contributed by atoms with van der Waals surface area (Å²) in [5.74, 6) is 1.82. The Morgan fingerprint density at radius 1 is 1.14 bits per heavy atom. The van der Waals surface area contributed by atoms with Crippen LogP contribution in [0.25, 0.3) is 0 Å². The molecular weight excluding hydrogens is 174 g/mol. The Hall–Kier alpha value is -0.0800. The van der Waals surface area contributed by atoms with Gasteiger partial charge < -0.3 is 10.4 Å². The minimum Gasteiger partial charge on any atom is -0.389 e. The molecule has 2 fully saturated rings. The molecule has 0 aromatic heterocycles. The predicted molar refractivity (Wildman–Crippen MR) is 58.1 cm³/mol. The zero-order chi connectivity index (χ0) is 10.3. The zero-order valence-corrected chi connectivity index (χ0v) is 9.59. The van der Waals surface area contributed by atoms with Gasteiger partial charge in [0.05, 0.1) is 5.60 Å². The Morgan fingerprint density at radius 2 is 1.57 bits per heavy atom. The lowest BCUT2D eigenvalue weighted by molar-refractivity contribution is 0.0373. The fourth-order valence-corrected chi connectivity index (χ4v) is 2.06. The van der Waals surface area contributed by atoms with E-state index in [1.165, 1.54) is 25.7 Å². The van der Waals surface area contributed by atoms with Crippen LogP contribution < -0.4 is 5.32 Å². The third-order valence-electron chi connectivity index (χ3n) is 3.76. The van der Waals surface area contributed by atoms with Crippen molar-refractivity contribution in [2.75, 3.05) is 0 Å². The molecule has 14 heavy (non-hydrogen) atoms. The quantitative estimate of drug-likeness (QED) is 0.706. The second kappa shape index (κ2) is 3.49. The smallest absolute Gasteiger partial charge is 0.0741 e. The first-order valence-electron chi connectivity index (χ1n) is 5.97. The minimum atomic E-state index is -0.595. The lowest BCUT2D eigenvalue weighted by Gasteiger charge is -2.31. The molecule has 2 heteroatoms. The number of nitrogens with one attached hydrogen (secondary N) is 1. The maximum absolute atomic E-state index is 9.88. The molecule has 2 N–H and O–H groups in total. The summed E-state index contributed by atoms with van der Waals surface area (Å²) < 4.78 is 0. The molecule has 0 amide bonds. The van der Waals surface area contributed by atoms with Crippen LogP contribution in [0.4, 0.5) is 0 Å². The average molecular weight is 197 g/mol. The van der Waals surface area contributed by atoms with Crippen LogP contribution in [0.5, 0.6) is 0 Å². The normalized spacial score (nSPS) is 25.5. The van der Waals surface area contributed by atoms with Crippen molar-refractivity contribution in [2.45, 2.75) is 64.1 Å². The van der Waals surface area contributed by atoms with Gasteiger partial charge in [-0.2, -0.15) is 0 Å². The third-order valence-corrected chi connectivity index (χ3v) is 3.76. The molecule has 0 aliphatic heterocycles. The van der Waals surface area contributed by atoms with Crippen molar-refractivity contribution in [3.8, 4) is 0 Å². The highest BCUT2D eigenvalue weighted by Crippen LogP contribution is 2.44. The average Bonchev–Trinajstić information content (AvgIpc) is 2.90. The van der Waals surface area contributed by atoms with Gasteiger partial charge in [-0.1, -0.05) is 0 Å². The molecule has 2 rings (SSSR count). The zero-order valence-electron chi connectivity index (χ0n) is 9.59. The molecule has 0 heterocycles. The van der Waals surface area contributed by atoms with Gasteiger partial charge in [-0.15, -0.1) is 0 Å². The molecule has 0 radical (unpaired) electrons. The van der Waals surface area contributed by atoms with Crippen LogP contribution in [-0.2, 0) is 0 Å². The second-order valence-corrected chi connectivity index (χ2v) is 5.74. The van der Waals surface area contributed by atoms with Crippen molar-refractivity contribution in [3.63, 3.8) is 0 Å². The Balaban J connectivity index is 1.86. The van der Waals surface area contributed by atoms with Crippen LogP contribution in [0, 0.1) is 11.8 Å². The molecule has 0 saturated heterocycles. The summed E-state index contributed by atoms with van der Waals surface area (Å²) in [6.45, 7) is 5.88. The van der Waals surface area contributed by atoms with E-state index < -0.39 is 5.60 Å². The van der Waals surface area contributed by atoms with Crippen molar-refractivity contribution < 1.29 is 5.11 Å². The van der Waals surface area contributed by atoms with Crippen molar-refractivity contribution in [2.24, 2.45) is 11.8 Å². The number of rotatable bonds is 5. The van der Waals surface area contributed by atoms with Crippen LogP contribution in [0.2, 0.25) is 0 Å². The fraction of sp³-hybridized carbons (Fsp3) is 1.00. The topological polar surface area (TPSA) is 32.3 Å². The summed E-state index contributed by atoms with van der Waals surface area (Å²) in [4.78, 5) is 0. The largest absolute Gasteiger partial charge is 0.389 e. The van der Waals surface area contributed by atoms with E-state index in [2.05, 4.69) is 12.2 Å². The maximum atomic E-state index is 9.88. The van der Waals surface area contributed by atoms with Gasteiger partial charge in [0.2, 0.25) is 0 Å². The van der Waals surface area contributed by atoms with E-state index in [-0.39, 0.29) is 6.04 Å². The first-order valence-corrected chi connectivity index (χ1v) is 5.97. The molecule has 2 nitrogen and oxygen atoms in total. The van der Waals surface area contributed by atoms with Gasteiger partial charge in [0, 0.05) is 12.1 Å². The van der Waals surface area contributed by atoms with E-state index >= 15 is 0 Å². The summed E-state index contributed by atoms with van der Waals surface area (Å²) in [6.07, 6.45) is 5.58. The van der Waals surface area contributed by atoms with E-state index in [9.17, 15) is 5.11 Å². The fourth-order valence-electron chi connectivity index (χ4n) is 2.06. The van der Waals surface area contributed by atoms with Gasteiger partial charge in [-0.3, -0.25) is 0 Å². The lowest BCUT2D eigenvalue weighted by atomic mass is 9.97. The Kier molecular flexibility index (Phi) is 2.61. The summed E-state index contributed by atoms with van der Waals surface area (Å²) in [6, 6.07) is 0.894. The summed E-state index contributed by atoms with van der Waals surface area (Å²) >= 11 is 0. The number of aliphatic hydroxyl groups is 1. The molecule has 0 spiro atoms. The third kappa shape index (κ3) is 2.48. The Morgan fingerprint density at radius 3 is 1.86 bits per heavy atom. The van der Waals surface area contributed by atoms with Crippen molar-refractivity contribution >= 4 is 0 Å². The molecule has 0 aromatic rings. The molecule has 2 aliphatic rings. The van der Waals surface area contributed by atoms with E-state index in [1.54, 1.807) is 0 Å². The van der Waals surface area contributed by atoms with E-state index in [0.29, 0.717) is 6.04 Å². The van der Waals surface area contributed by atoms with Crippen molar-refractivity contribution in [1.29, 1.82) is 0 Å². The highest BCUT2D eigenvalue weighted by molar-refractivity contribution is 4.98. The van der Waals surface area contributed by atoms with E-state index in [1.807, 2.05) is 13.8 Å². The van der Waals surface area contributed by atoms with Gasteiger partial charge in [-0.05, 0) is 58.3 Å².